The van der Waals surface area contributed by atoms with Crippen molar-refractivity contribution in [1.29, 1.82) is 0 Å². The normalized spacial score (nSPS) is 8.64. The lowest BCUT2D eigenvalue weighted by Gasteiger charge is -2.12. The van der Waals surface area contributed by atoms with Crippen LogP contribution < -0.4 is 4.90 Å². The third-order valence-electron chi connectivity index (χ3n) is 1.23. The minimum atomic E-state index is 0. The highest BCUT2D eigenvalue weighted by Crippen LogP contribution is 2.21. The average Bonchev–Trinajstić information content (AvgIpc) is 1.88. The van der Waals surface area contributed by atoms with E-state index in [1.54, 1.807) is 12.4 Å². The molecule has 0 spiro atoms. The maximum absolute atomic E-state index is 3.95. The van der Waals surface area contributed by atoms with Crippen molar-refractivity contribution in [3.8, 4) is 0 Å². The van der Waals surface area contributed by atoms with E-state index in [-0.39, 0.29) is 23.1 Å². The zero-order valence-corrected chi connectivity index (χ0v) is 7.59. The van der Waals surface area contributed by atoms with E-state index in [1.807, 2.05) is 25.1 Å². The second-order valence-electron chi connectivity index (χ2n) is 2.22. The Morgan fingerprint density at radius 2 is 2.09 bits per heavy atom. The second kappa shape index (κ2) is 4.95. The van der Waals surface area contributed by atoms with Crippen LogP contribution in [0.3, 0.4) is 0 Å². The predicted octanol–water partition coefficient (Wildman–Crippen LogP) is 0.994. The zero-order valence-electron chi connectivity index (χ0n) is 6.00. The first-order valence-electron chi connectivity index (χ1n) is 2.98. The number of anilines is 1. The van der Waals surface area contributed by atoms with Gasteiger partial charge in [-0.3, -0.25) is 4.98 Å². The Kier molecular flexibility index (Phi) is 5.04. The molecule has 1 aromatic heterocycles. The number of hydrogen-bond donors (Lipinski definition) is 0. The summed E-state index contributed by atoms with van der Waals surface area (Å²) in [4.78, 5) is 5.99. The van der Waals surface area contributed by atoms with Crippen LogP contribution in [0.15, 0.2) is 22.9 Å². The van der Waals surface area contributed by atoms with Gasteiger partial charge in [-0.15, -0.1) is 0 Å². The van der Waals surface area contributed by atoms with Crippen LogP contribution in [0.5, 0.6) is 0 Å². The molecule has 1 rings (SSSR count). The maximum Gasteiger partial charge on any atom is 0.316 e. The zero-order chi connectivity index (χ0) is 7.56. The molecule has 0 amide bonds. The molecule has 4 heteroatoms. The highest BCUT2D eigenvalue weighted by atomic mass is 79.9. The van der Waals surface area contributed by atoms with Gasteiger partial charge in [0.1, 0.15) is 0 Å². The molecule has 1 heterocycles. The number of halogens is 1. The molecule has 11 heavy (non-hydrogen) atoms. The van der Waals surface area contributed by atoms with Gasteiger partial charge < -0.3 is 4.90 Å². The minimum Gasteiger partial charge on any atom is -0.377 e. The van der Waals surface area contributed by atoms with Gasteiger partial charge in [-0.2, -0.15) is 0 Å². The Balaban J connectivity index is 0.000001000. The van der Waals surface area contributed by atoms with Gasteiger partial charge in [0.15, 0.2) is 0 Å². The SMILES string of the molecule is CN(C)c1ccncc1Br.[MgH2]. The predicted molar refractivity (Wildman–Crippen MR) is 54.8 cm³/mol. The molecule has 0 fully saturated rings. The molecule has 0 atom stereocenters. The molecule has 0 aromatic carbocycles. The summed E-state index contributed by atoms with van der Waals surface area (Å²) in [6, 6.07) is 1.96. The minimum absolute atomic E-state index is 0. The Bertz CT molecular complexity index is 227. The average molecular weight is 227 g/mol. The quantitative estimate of drug-likeness (QED) is 0.665. The molecular formula is C7H11BrMgN2. The Hall–Kier alpha value is 0.196. The van der Waals surface area contributed by atoms with Gasteiger partial charge in [0, 0.05) is 26.5 Å². The van der Waals surface area contributed by atoms with Crippen LogP contribution in [0, 0.1) is 0 Å². The molecule has 1 aromatic rings. The lowest BCUT2D eigenvalue weighted by atomic mass is 10.4. The van der Waals surface area contributed by atoms with E-state index in [2.05, 4.69) is 20.9 Å². The molecule has 0 saturated carbocycles. The van der Waals surface area contributed by atoms with Crippen molar-refractivity contribution in [2.75, 3.05) is 19.0 Å². The summed E-state index contributed by atoms with van der Waals surface area (Å²) in [6.07, 6.45) is 3.56. The van der Waals surface area contributed by atoms with Gasteiger partial charge >= 0.3 is 23.1 Å². The van der Waals surface area contributed by atoms with Crippen molar-refractivity contribution in [3.63, 3.8) is 0 Å². The third kappa shape index (κ3) is 2.97. The molecule has 0 radical (unpaired) electrons. The molecule has 0 aliphatic rings. The van der Waals surface area contributed by atoms with Crippen LogP contribution in [-0.4, -0.2) is 42.1 Å². The lowest BCUT2D eigenvalue weighted by molar-refractivity contribution is 1.11. The van der Waals surface area contributed by atoms with Crippen molar-refractivity contribution in [2.24, 2.45) is 0 Å². The fraction of sp³-hybridized carbons (Fsp3) is 0.286. The highest BCUT2D eigenvalue weighted by molar-refractivity contribution is 9.10. The maximum atomic E-state index is 3.95. The largest absolute Gasteiger partial charge is 0.377 e. The van der Waals surface area contributed by atoms with E-state index in [4.69, 9.17) is 0 Å². The number of nitrogens with zero attached hydrogens (tertiary/aromatic N) is 2. The summed E-state index contributed by atoms with van der Waals surface area (Å²) < 4.78 is 1.03. The fourth-order valence-electron chi connectivity index (χ4n) is 0.731. The molecule has 0 aliphatic carbocycles. The standard InChI is InChI=1S/C7H9BrN2.Mg.2H/c1-10(2)7-3-4-9-5-6(7)8;;;/h3-5H,1-2H3;;;. The number of hydrogen-bond acceptors (Lipinski definition) is 2. The van der Waals surface area contributed by atoms with Crippen LogP contribution in [0.2, 0.25) is 0 Å². The molecule has 0 bridgehead atoms. The summed E-state index contributed by atoms with van der Waals surface area (Å²) >= 11 is 3.39. The van der Waals surface area contributed by atoms with Gasteiger partial charge in [0.2, 0.25) is 0 Å². The van der Waals surface area contributed by atoms with Gasteiger partial charge in [-0.1, -0.05) is 0 Å². The molecule has 0 unspecified atom stereocenters. The van der Waals surface area contributed by atoms with Gasteiger partial charge in [0.05, 0.1) is 10.2 Å². The molecule has 0 N–H and O–H groups in total. The molecule has 0 saturated heterocycles. The monoisotopic (exact) mass is 226 g/mol. The summed E-state index contributed by atoms with van der Waals surface area (Å²) in [6.45, 7) is 0. The lowest BCUT2D eigenvalue weighted by Crippen LogP contribution is -2.08. The van der Waals surface area contributed by atoms with E-state index in [0.717, 1.165) is 10.2 Å². The first kappa shape index (κ1) is 11.2. The first-order valence-corrected chi connectivity index (χ1v) is 3.78. The van der Waals surface area contributed by atoms with Crippen molar-refractivity contribution >= 4 is 44.7 Å². The Morgan fingerprint density at radius 1 is 1.45 bits per heavy atom. The summed E-state index contributed by atoms with van der Waals surface area (Å²) in [5.41, 5.74) is 1.15. The summed E-state index contributed by atoms with van der Waals surface area (Å²) in [7, 11) is 4.00. The van der Waals surface area contributed by atoms with Gasteiger partial charge in [-0.25, -0.2) is 0 Å². The number of pyridine rings is 1. The van der Waals surface area contributed by atoms with Gasteiger partial charge in [0.25, 0.3) is 0 Å². The third-order valence-corrected chi connectivity index (χ3v) is 1.84. The van der Waals surface area contributed by atoms with Gasteiger partial charge in [-0.05, 0) is 22.0 Å². The van der Waals surface area contributed by atoms with Crippen molar-refractivity contribution in [3.05, 3.63) is 22.9 Å². The Morgan fingerprint density at radius 3 is 2.45 bits per heavy atom. The topological polar surface area (TPSA) is 16.1 Å². The smallest absolute Gasteiger partial charge is 0.316 e. The van der Waals surface area contributed by atoms with Crippen molar-refractivity contribution in [2.45, 2.75) is 0 Å². The van der Waals surface area contributed by atoms with Crippen molar-refractivity contribution in [1.82, 2.24) is 4.98 Å². The Labute approximate surface area is 91.3 Å². The molecule has 58 valence electrons. The van der Waals surface area contributed by atoms with Crippen LogP contribution >= 0.6 is 15.9 Å². The van der Waals surface area contributed by atoms with Crippen LogP contribution in [0.25, 0.3) is 0 Å². The number of aromatic nitrogens is 1. The second-order valence-corrected chi connectivity index (χ2v) is 3.08. The molecule has 2 nitrogen and oxygen atoms in total. The van der Waals surface area contributed by atoms with E-state index >= 15 is 0 Å². The van der Waals surface area contributed by atoms with E-state index in [1.165, 1.54) is 0 Å². The van der Waals surface area contributed by atoms with Crippen molar-refractivity contribution < 1.29 is 0 Å². The van der Waals surface area contributed by atoms with E-state index in [0.29, 0.717) is 0 Å². The first-order chi connectivity index (χ1) is 4.72. The number of rotatable bonds is 1. The fourth-order valence-corrected chi connectivity index (χ4v) is 1.34. The molecule has 0 aliphatic heterocycles. The van der Waals surface area contributed by atoms with E-state index < -0.39 is 0 Å². The highest BCUT2D eigenvalue weighted by Gasteiger charge is 1.98. The van der Waals surface area contributed by atoms with E-state index in [9.17, 15) is 0 Å². The van der Waals surface area contributed by atoms with Crippen LogP contribution in [-0.2, 0) is 0 Å². The van der Waals surface area contributed by atoms with Crippen LogP contribution in [0.1, 0.15) is 0 Å². The van der Waals surface area contributed by atoms with Crippen LogP contribution in [0.4, 0.5) is 5.69 Å². The summed E-state index contributed by atoms with van der Waals surface area (Å²) in [5, 5.41) is 0. The summed E-state index contributed by atoms with van der Waals surface area (Å²) in [5.74, 6) is 0. The molecular weight excluding hydrogens is 216 g/mol.